The molecule has 0 aliphatic carbocycles. The molecule has 0 radical (unpaired) electrons. The zero-order valence-electron chi connectivity index (χ0n) is 11.4. The number of aryl methyl sites for hydroxylation is 3. The Bertz CT molecular complexity index is 707. The number of rotatable bonds is 4. The highest BCUT2D eigenvalue weighted by atomic mass is 32.2. The van der Waals surface area contributed by atoms with E-state index in [9.17, 15) is 0 Å². The maximum Gasteiger partial charge on any atom is 0.196 e. The Morgan fingerprint density at radius 2 is 1.43 bits per heavy atom. The third kappa shape index (κ3) is 3.96. The first-order chi connectivity index (χ1) is 10.1. The van der Waals surface area contributed by atoms with E-state index in [0.717, 1.165) is 29.4 Å². The molecule has 0 fully saturated rings. The van der Waals surface area contributed by atoms with Crippen LogP contribution in [0.1, 0.15) is 15.7 Å². The van der Waals surface area contributed by atoms with Crippen LogP contribution < -0.4 is 0 Å². The lowest BCUT2D eigenvalue weighted by atomic mass is 10.5. The Kier molecular flexibility index (Phi) is 4.48. The largest absolute Gasteiger partial charge is 0.228 e. The van der Waals surface area contributed by atoms with Gasteiger partial charge in [-0.05, 0) is 50.4 Å². The summed E-state index contributed by atoms with van der Waals surface area (Å²) >= 11 is 6.02. The highest BCUT2D eigenvalue weighted by Crippen LogP contribution is 2.32. The zero-order chi connectivity index (χ0) is 14.8. The molecule has 3 heterocycles. The van der Waals surface area contributed by atoms with E-state index >= 15 is 0 Å². The van der Waals surface area contributed by atoms with Gasteiger partial charge in [-0.2, -0.15) is 0 Å². The molecule has 3 aromatic heterocycles. The van der Waals surface area contributed by atoms with Crippen molar-refractivity contribution in [1.82, 2.24) is 30.4 Å². The van der Waals surface area contributed by atoms with Crippen molar-refractivity contribution in [3.63, 3.8) is 0 Å². The summed E-state index contributed by atoms with van der Waals surface area (Å²) in [5.41, 5.74) is 0.914. The standard InChI is InChI=1S/C11H10N6S4/c1-5-4-8(20-10-16-14-6(2)18-10)13-9(12-5)21-11-17-15-7(3)19-11/h4H,1-3H3. The van der Waals surface area contributed by atoms with E-state index < -0.39 is 0 Å². The van der Waals surface area contributed by atoms with Gasteiger partial charge in [-0.1, -0.05) is 22.7 Å². The third-order valence-electron chi connectivity index (χ3n) is 2.20. The van der Waals surface area contributed by atoms with E-state index in [0.29, 0.717) is 5.16 Å². The molecule has 0 aromatic carbocycles. The van der Waals surface area contributed by atoms with Gasteiger partial charge in [0.25, 0.3) is 0 Å². The van der Waals surface area contributed by atoms with E-state index in [1.54, 1.807) is 11.3 Å². The normalized spacial score (nSPS) is 11.0. The average molecular weight is 355 g/mol. The molecular weight excluding hydrogens is 344 g/mol. The summed E-state index contributed by atoms with van der Waals surface area (Å²) in [6, 6.07) is 1.94. The minimum absolute atomic E-state index is 0.676. The van der Waals surface area contributed by atoms with E-state index in [4.69, 9.17) is 0 Å². The molecule has 0 aliphatic rings. The highest BCUT2D eigenvalue weighted by Gasteiger charge is 2.10. The molecule has 3 aromatic rings. The monoisotopic (exact) mass is 354 g/mol. The summed E-state index contributed by atoms with van der Waals surface area (Å²) in [4.78, 5) is 8.97. The first-order valence-electron chi connectivity index (χ1n) is 5.90. The minimum Gasteiger partial charge on any atom is -0.228 e. The van der Waals surface area contributed by atoms with E-state index in [1.807, 2.05) is 26.8 Å². The van der Waals surface area contributed by atoms with E-state index in [1.165, 1.54) is 34.9 Å². The number of hydrogen-bond donors (Lipinski definition) is 0. The fraction of sp³-hybridized carbons (Fsp3) is 0.273. The van der Waals surface area contributed by atoms with Gasteiger partial charge in [0.05, 0.1) is 0 Å². The average Bonchev–Trinajstić information content (AvgIpc) is 2.98. The van der Waals surface area contributed by atoms with Gasteiger partial charge in [0.1, 0.15) is 15.0 Å². The lowest BCUT2D eigenvalue weighted by molar-refractivity contribution is 0.859. The second-order valence-corrected chi connectivity index (χ2v) is 8.85. The summed E-state index contributed by atoms with van der Waals surface area (Å²) in [7, 11) is 0. The van der Waals surface area contributed by atoms with Crippen LogP contribution in [-0.2, 0) is 0 Å². The highest BCUT2D eigenvalue weighted by molar-refractivity contribution is 8.01. The maximum absolute atomic E-state index is 4.54. The Morgan fingerprint density at radius 1 is 0.810 bits per heavy atom. The van der Waals surface area contributed by atoms with Gasteiger partial charge in [0, 0.05) is 5.69 Å². The molecule has 0 spiro atoms. The van der Waals surface area contributed by atoms with Gasteiger partial charge in [-0.25, -0.2) is 9.97 Å². The summed E-state index contributed by atoms with van der Waals surface area (Å²) in [6.45, 7) is 5.82. The van der Waals surface area contributed by atoms with Crippen LogP contribution >= 0.6 is 46.2 Å². The summed E-state index contributed by atoms with van der Waals surface area (Å²) < 4.78 is 1.73. The predicted molar refractivity (Wildman–Crippen MR) is 84.3 cm³/mol. The molecule has 10 heteroatoms. The Morgan fingerprint density at radius 3 is 2.00 bits per heavy atom. The first-order valence-corrected chi connectivity index (χ1v) is 9.17. The van der Waals surface area contributed by atoms with Crippen molar-refractivity contribution >= 4 is 46.2 Å². The van der Waals surface area contributed by atoms with Gasteiger partial charge in [-0.15, -0.1) is 20.4 Å². The molecule has 0 atom stereocenters. The van der Waals surface area contributed by atoms with Crippen molar-refractivity contribution in [3.05, 3.63) is 21.8 Å². The van der Waals surface area contributed by atoms with Crippen molar-refractivity contribution in [1.29, 1.82) is 0 Å². The minimum atomic E-state index is 0.676. The quantitative estimate of drug-likeness (QED) is 0.521. The number of nitrogens with zero attached hydrogens (tertiary/aromatic N) is 6. The lowest BCUT2D eigenvalue weighted by Crippen LogP contribution is -1.92. The second-order valence-electron chi connectivity index (χ2n) is 4.01. The Hall–Kier alpha value is -1.10. The fourth-order valence-corrected chi connectivity index (χ4v) is 5.04. The van der Waals surface area contributed by atoms with Crippen LogP contribution in [-0.4, -0.2) is 30.4 Å². The SMILES string of the molecule is Cc1cc(Sc2nnc(C)s2)nc(Sc2nnc(C)s2)n1. The molecular formula is C11H10N6S4. The molecule has 3 rings (SSSR count). The van der Waals surface area contributed by atoms with Gasteiger partial charge in [0.2, 0.25) is 0 Å². The predicted octanol–water partition coefficient (Wildman–Crippen LogP) is 3.41. The summed E-state index contributed by atoms with van der Waals surface area (Å²) in [5, 5.41) is 19.6. The lowest BCUT2D eigenvalue weighted by Gasteiger charge is -2.02. The van der Waals surface area contributed by atoms with E-state index in [-0.39, 0.29) is 0 Å². The molecule has 0 amide bonds. The van der Waals surface area contributed by atoms with Crippen molar-refractivity contribution in [2.45, 2.75) is 39.6 Å². The molecule has 6 nitrogen and oxygen atoms in total. The van der Waals surface area contributed by atoms with Crippen molar-refractivity contribution in [3.8, 4) is 0 Å². The summed E-state index contributed by atoms with van der Waals surface area (Å²) in [5.74, 6) is 0. The molecule has 0 unspecified atom stereocenters. The molecule has 108 valence electrons. The van der Waals surface area contributed by atoms with Crippen LogP contribution in [0.25, 0.3) is 0 Å². The third-order valence-corrected chi connectivity index (χ3v) is 5.76. The molecule has 0 aliphatic heterocycles. The van der Waals surface area contributed by atoms with Gasteiger partial charge >= 0.3 is 0 Å². The summed E-state index contributed by atoms with van der Waals surface area (Å²) in [6.07, 6.45) is 0. The van der Waals surface area contributed by atoms with Gasteiger partial charge in [-0.3, -0.25) is 0 Å². The zero-order valence-corrected chi connectivity index (χ0v) is 14.7. The molecule has 21 heavy (non-hydrogen) atoms. The van der Waals surface area contributed by atoms with Crippen LogP contribution in [0.2, 0.25) is 0 Å². The van der Waals surface area contributed by atoms with Crippen molar-refractivity contribution in [2.75, 3.05) is 0 Å². The van der Waals surface area contributed by atoms with Crippen LogP contribution in [0, 0.1) is 20.8 Å². The Balaban J connectivity index is 1.82. The van der Waals surface area contributed by atoms with Crippen LogP contribution in [0.5, 0.6) is 0 Å². The molecule has 0 N–H and O–H groups in total. The number of aromatic nitrogens is 6. The van der Waals surface area contributed by atoms with Gasteiger partial charge in [0.15, 0.2) is 13.8 Å². The molecule has 0 bridgehead atoms. The second kappa shape index (κ2) is 6.34. The van der Waals surface area contributed by atoms with Crippen molar-refractivity contribution < 1.29 is 0 Å². The number of hydrogen-bond acceptors (Lipinski definition) is 10. The van der Waals surface area contributed by atoms with Crippen LogP contribution in [0.3, 0.4) is 0 Å². The smallest absolute Gasteiger partial charge is 0.196 e. The van der Waals surface area contributed by atoms with Crippen LogP contribution in [0.4, 0.5) is 0 Å². The van der Waals surface area contributed by atoms with E-state index in [2.05, 4.69) is 30.4 Å². The fourth-order valence-electron chi connectivity index (χ4n) is 1.42. The Labute approximate surface area is 137 Å². The maximum atomic E-state index is 4.54. The topological polar surface area (TPSA) is 77.3 Å². The molecule has 0 saturated carbocycles. The van der Waals surface area contributed by atoms with Gasteiger partial charge < -0.3 is 0 Å². The molecule has 0 saturated heterocycles. The van der Waals surface area contributed by atoms with Crippen LogP contribution in [0.15, 0.2) is 24.9 Å². The first kappa shape index (κ1) is 14.8. The van der Waals surface area contributed by atoms with Crippen molar-refractivity contribution in [2.24, 2.45) is 0 Å².